The highest BCUT2D eigenvalue weighted by Crippen LogP contribution is 2.20. The lowest BCUT2D eigenvalue weighted by Gasteiger charge is -2.24. The lowest BCUT2D eigenvalue weighted by molar-refractivity contribution is 0.380. The zero-order valence-electron chi connectivity index (χ0n) is 8.61. The van der Waals surface area contributed by atoms with Crippen molar-refractivity contribution in [2.45, 2.75) is 25.6 Å². The predicted molar refractivity (Wildman–Crippen MR) is 57.7 cm³/mol. The third-order valence-electron chi connectivity index (χ3n) is 2.45. The number of nitrogens with zero attached hydrogens (tertiary/aromatic N) is 2. The highest BCUT2D eigenvalue weighted by Gasteiger charge is 2.33. The molecule has 14 heavy (non-hydrogen) atoms. The van der Waals surface area contributed by atoms with Crippen molar-refractivity contribution in [2.75, 3.05) is 26.2 Å². The molecule has 1 unspecified atom stereocenters. The van der Waals surface area contributed by atoms with Crippen LogP contribution in [-0.4, -0.2) is 48.6 Å². The zero-order valence-corrected chi connectivity index (χ0v) is 10.2. The van der Waals surface area contributed by atoms with Crippen molar-refractivity contribution >= 4 is 21.8 Å². The molecule has 1 atom stereocenters. The third-order valence-corrected chi connectivity index (χ3v) is 4.96. The van der Waals surface area contributed by atoms with E-state index in [0.29, 0.717) is 26.2 Å². The fraction of sp³-hybridized carbons (Fsp3) is 1.00. The van der Waals surface area contributed by atoms with Crippen LogP contribution in [0.2, 0.25) is 0 Å². The third kappa shape index (κ3) is 2.39. The zero-order chi connectivity index (χ0) is 10.8. The highest BCUT2D eigenvalue weighted by molar-refractivity contribution is 7.86. The number of hydrogen-bond donors (Lipinski definition) is 0. The van der Waals surface area contributed by atoms with Gasteiger partial charge in [0.15, 0.2) is 0 Å². The lowest BCUT2D eigenvalue weighted by atomic mass is 10.4. The first-order valence-corrected chi connectivity index (χ1v) is 6.75. The average Bonchev–Trinajstić information content (AvgIpc) is 2.54. The number of rotatable bonds is 4. The molecule has 1 aliphatic rings. The van der Waals surface area contributed by atoms with E-state index < -0.39 is 10.2 Å². The minimum atomic E-state index is -3.25. The summed E-state index contributed by atoms with van der Waals surface area (Å²) >= 11 is 5.88. The standard InChI is InChI=1S/C8H17ClN2O2S/c1-3-10(4-2)14(12,13)11-6-5-8(9)7-11/h8H,3-7H2,1-2H3. The maximum Gasteiger partial charge on any atom is 0.282 e. The summed E-state index contributed by atoms with van der Waals surface area (Å²) in [5.41, 5.74) is 0. The molecule has 4 nitrogen and oxygen atoms in total. The first-order chi connectivity index (χ1) is 6.52. The summed E-state index contributed by atoms with van der Waals surface area (Å²) in [5, 5.41) is -0.0275. The normalized spacial score (nSPS) is 24.7. The first-order valence-electron chi connectivity index (χ1n) is 4.91. The number of hydrogen-bond acceptors (Lipinski definition) is 2. The molecule has 6 heteroatoms. The molecule has 84 valence electrons. The van der Waals surface area contributed by atoms with Gasteiger partial charge in [0.1, 0.15) is 0 Å². The molecule has 1 rings (SSSR count). The smallest absolute Gasteiger partial charge is 0.195 e. The van der Waals surface area contributed by atoms with Gasteiger partial charge in [0.05, 0.1) is 0 Å². The average molecular weight is 241 g/mol. The molecule has 0 saturated carbocycles. The number of halogens is 1. The molecule has 0 spiro atoms. The van der Waals surface area contributed by atoms with Gasteiger partial charge in [-0.15, -0.1) is 11.6 Å². The van der Waals surface area contributed by atoms with E-state index in [2.05, 4.69) is 0 Å². The van der Waals surface area contributed by atoms with E-state index in [4.69, 9.17) is 11.6 Å². The second-order valence-electron chi connectivity index (χ2n) is 3.34. The van der Waals surface area contributed by atoms with Crippen molar-refractivity contribution in [3.8, 4) is 0 Å². The second kappa shape index (κ2) is 4.79. The fourth-order valence-electron chi connectivity index (χ4n) is 1.61. The van der Waals surface area contributed by atoms with Crippen molar-refractivity contribution in [3.05, 3.63) is 0 Å². The van der Waals surface area contributed by atoms with E-state index in [1.54, 1.807) is 0 Å². The van der Waals surface area contributed by atoms with Gasteiger partial charge in [-0.2, -0.15) is 17.0 Å². The summed E-state index contributed by atoms with van der Waals surface area (Å²) in [5.74, 6) is 0. The molecule has 0 N–H and O–H groups in total. The monoisotopic (exact) mass is 240 g/mol. The molecule has 0 amide bonds. The van der Waals surface area contributed by atoms with Gasteiger partial charge in [-0.1, -0.05) is 13.8 Å². The van der Waals surface area contributed by atoms with E-state index in [1.807, 2.05) is 13.8 Å². The molecular weight excluding hydrogens is 224 g/mol. The van der Waals surface area contributed by atoms with Gasteiger partial charge in [-0.3, -0.25) is 0 Å². The van der Waals surface area contributed by atoms with Crippen LogP contribution in [0.1, 0.15) is 20.3 Å². The molecule has 0 aromatic rings. The van der Waals surface area contributed by atoms with Crippen molar-refractivity contribution in [2.24, 2.45) is 0 Å². The van der Waals surface area contributed by atoms with Gasteiger partial charge in [0.2, 0.25) is 0 Å². The van der Waals surface area contributed by atoms with E-state index in [-0.39, 0.29) is 5.38 Å². The second-order valence-corrected chi connectivity index (χ2v) is 5.88. The first kappa shape index (κ1) is 12.2. The fourth-order valence-corrected chi connectivity index (χ4v) is 3.64. The number of alkyl halides is 1. The van der Waals surface area contributed by atoms with Crippen molar-refractivity contribution < 1.29 is 8.42 Å². The topological polar surface area (TPSA) is 40.6 Å². The summed E-state index contributed by atoms with van der Waals surface area (Å²) in [6.07, 6.45) is 0.752. The Morgan fingerprint density at radius 1 is 1.43 bits per heavy atom. The minimum absolute atomic E-state index is 0.0275. The SMILES string of the molecule is CCN(CC)S(=O)(=O)N1CCC(Cl)C1. The van der Waals surface area contributed by atoms with Crippen LogP contribution in [0, 0.1) is 0 Å². The molecule has 0 bridgehead atoms. The van der Waals surface area contributed by atoms with Crippen molar-refractivity contribution in [1.29, 1.82) is 0 Å². The summed E-state index contributed by atoms with van der Waals surface area (Å²) < 4.78 is 26.8. The van der Waals surface area contributed by atoms with Crippen molar-refractivity contribution in [3.63, 3.8) is 0 Å². The molecule has 0 aliphatic carbocycles. The summed E-state index contributed by atoms with van der Waals surface area (Å²) in [7, 11) is -3.25. The molecule has 1 heterocycles. The molecule has 1 saturated heterocycles. The Kier molecular flexibility index (Phi) is 4.18. The van der Waals surface area contributed by atoms with Crippen LogP contribution in [-0.2, 0) is 10.2 Å². The van der Waals surface area contributed by atoms with Crippen LogP contribution >= 0.6 is 11.6 Å². The predicted octanol–water partition coefficient (Wildman–Crippen LogP) is 0.886. The van der Waals surface area contributed by atoms with Gasteiger partial charge in [0.25, 0.3) is 10.2 Å². The molecule has 0 radical (unpaired) electrons. The Morgan fingerprint density at radius 3 is 2.36 bits per heavy atom. The Bertz CT molecular complexity index is 277. The van der Waals surface area contributed by atoms with Crippen LogP contribution in [0.25, 0.3) is 0 Å². The molecule has 1 aliphatic heterocycles. The van der Waals surface area contributed by atoms with Crippen LogP contribution < -0.4 is 0 Å². The van der Waals surface area contributed by atoms with Gasteiger partial charge in [0, 0.05) is 31.6 Å². The van der Waals surface area contributed by atoms with Gasteiger partial charge < -0.3 is 0 Å². The van der Waals surface area contributed by atoms with Gasteiger partial charge in [-0.05, 0) is 6.42 Å². The van der Waals surface area contributed by atoms with Crippen molar-refractivity contribution in [1.82, 2.24) is 8.61 Å². The summed E-state index contributed by atoms with van der Waals surface area (Å²) in [6.45, 7) is 5.71. The van der Waals surface area contributed by atoms with Crippen LogP contribution in [0.5, 0.6) is 0 Å². The Morgan fingerprint density at radius 2 is 2.00 bits per heavy atom. The Labute approximate surface area is 91.0 Å². The Hall–Kier alpha value is 0.160. The van der Waals surface area contributed by atoms with Crippen LogP contribution in [0.4, 0.5) is 0 Å². The molecular formula is C8H17ClN2O2S. The minimum Gasteiger partial charge on any atom is -0.195 e. The summed E-state index contributed by atoms with van der Waals surface area (Å²) in [4.78, 5) is 0. The van der Waals surface area contributed by atoms with E-state index >= 15 is 0 Å². The summed E-state index contributed by atoms with van der Waals surface area (Å²) in [6, 6.07) is 0. The molecule has 1 fully saturated rings. The molecule has 0 aromatic carbocycles. The highest BCUT2D eigenvalue weighted by atomic mass is 35.5. The quantitative estimate of drug-likeness (QED) is 0.685. The molecule has 0 aromatic heterocycles. The van der Waals surface area contributed by atoms with Crippen LogP contribution in [0.3, 0.4) is 0 Å². The maximum absolute atomic E-state index is 11.9. The lowest BCUT2D eigenvalue weighted by Crippen LogP contribution is -2.42. The van der Waals surface area contributed by atoms with E-state index in [0.717, 1.165) is 6.42 Å². The van der Waals surface area contributed by atoms with E-state index in [1.165, 1.54) is 8.61 Å². The van der Waals surface area contributed by atoms with Gasteiger partial charge >= 0.3 is 0 Å². The van der Waals surface area contributed by atoms with E-state index in [9.17, 15) is 8.42 Å². The Balaban J connectivity index is 2.74. The largest absolute Gasteiger partial charge is 0.282 e. The maximum atomic E-state index is 11.9. The van der Waals surface area contributed by atoms with Gasteiger partial charge in [-0.25, -0.2) is 0 Å². The van der Waals surface area contributed by atoms with Crippen LogP contribution in [0.15, 0.2) is 0 Å².